The fourth-order valence-electron chi connectivity index (χ4n) is 1.69. The lowest BCUT2D eigenvalue weighted by atomic mass is 10.1. The predicted molar refractivity (Wildman–Crippen MR) is 66.6 cm³/mol. The Kier molecular flexibility index (Phi) is 2.98. The van der Waals surface area contributed by atoms with Gasteiger partial charge in [0.25, 0.3) is 0 Å². The molecule has 0 bridgehead atoms. The van der Waals surface area contributed by atoms with Crippen molar-refractivity contribution in [2.45, 2.75) is 4.90 Å². The van der Waals surface area contributed by atoms with Crippen molar-refractivity contribution in [1.82, 2.24) is 0 Å². The summed E-state index contributed by atoms with van der Waals surface area (Å²) in [4.78, 5) is -0.478. The van der Waals surface area contributed by atoms with Crippen LogP contribution in [0.25, 0.3) is 11.1 Å². The normalized spacial score (nSPS) is 11.4. The molecule has 4 N–H and O–H groups in total. The zero-order valence-corrected chi connectivity index (χ0v) is 10.1. The Bertz CT molecular complexity index is 681. The molecule has 0 amide bonds. The maximum atomic E-state index is 11.5. The number of hydrogen-bond acceptors (Lipinski definition) is 4. The molecule has 0 aliphatic rings. The Labute approximate surface area is 104 Å². The molecule has 6 heteroatoms. The Morgan fingerprint density at radius 1 is 0.944 bits per heavy atom. The maximum absolute atomic E-state index is 11.5. The summed E-state index contributed by atoms with van der Waals surface area (Å²) < 4.78 is 23.0. The van der Waals surface area contributed by atoms with Crippen molar-refractivity contribution < 1.29 is 18.6 Å². The number of hydrogen-bond donors (Lipinski definition) is 3. The van der Waals surface area contributed by atoms with Gasteiger partial charge in [-0.15, -0.1) is 0 Å². The summed E-state index contributed by atoms with van der Waals surface area (Å²) in [5.74, 6) is -1.27. The third kappa shape index (κ3) is 2.15. The molecule has 2 rings (SSSR count). The van der Waals surface area contributed by atoms with Gasteiger partial charge in [0.05, 0.1) is 0 Å². The number of phenolic OH excluding ortho intramolecular Hbond substituents is 2. The highest BCUT2D eigenvalue weighted by atomic mass is 32.2. The van der Waals surface area contributed by atoms with Gasteiger partial charge >= 0.3 is 0 Å². The van der Waals surface area contributed by atoms with Gasteiger partial charge in [-0.05, 0) is 17.7 Å². The summed E-state index contributed by atoms with van der Waals surface area (Å²) in [6.45, 7) is 0. The molecule has 0 aliphatic carbocycles. The van der Waals surface area contributed by atoms with E-state index in [9.17, 15) is 18.6 Å². The van der Waals surface area contributed by atoms with Crippen LogP contribution in [-0.4, -0.2) is 18.6 Å². The van der Waals surface area contributed by atoms with Crippen molar-refractivity contribution in [1.29, 1.82) is 0 Å². The summed E-state index contributed by atoms with van der Waals surface area (Å²) in [5, 5.41) is 24.1. The van der Waals surface area contributed by atoms with Crippen LogP contribution < -0.4 is 5.14 Å². The number of phenols is 2. The molecule has 2 aromatic rings. The first-order chi connectivity index (χ1) is 8.41. The largest absolute Gasteiger partial charge is 0.504 e. The third-order valence-corrected chi connectivity index (χ3v) is 3.46. The second kappa shape index (κ2) is 4.32. The standard InChI is InChI=1S/C12H11NO4S/c13-18(16,17)12-9(6-7-10(14)11(12)15)8-4-2-1-3-5-8/h1-7,14-15H,(H2,13,16,17). The first-order valence-electron chi connectivity index (χ1n) is 5.04. The van der Waals surface area contributed by atoms with E-state index in [0.29, 0.717) is 5.56 Å². The Hall–Kier alpha value is -2.05. The molecule has 0 aliphatic heterocycles. The molecule has 5 nitrogen and oxygen atoms in total. The van der Waals surface area contributed by atoms with Crippen LogP contribution in [0.3, 0.4) is 0 Å². The molecule has 0 fully saturated rings. The second-order valence-electron chi connectivity index (χ2n) is 3.72. The van der Waals surface area contributed by atoms with E-state index < -0.39 is 26.4 Å². The predicted octanol–water partition coefficient (Wildman–Crippen LogP) is 1.41. The first-order valence-corrected chi connectivity index (χ1v) is 6.59. The summed E-state index contributed by atoms with van der Waals surface area (Å²) in [5.41, 5.74) is 0.824. The average Bonchev–Trinajstić information content (AvgIpc) is 2.32. The van der Waals surface area contributed by atoms with Gasteiger partial charge in [0.15, 0.2) is 11.5 Å². The van der Waals surface area contributed by atoms with E-state index in [1.165, 1.54) is 12.1 Å². The zero-order chi connectivity index (χ0) is 13.3. The van der Waals surface area contributed by atoms with Crippen LogP contribution in [-0.2, 0) is 10.0 Å². The molecule has 94 valence electrons. The summed E-state index contributed by atoms with van der Waals surface area (Å²) in [7, 11) is -4.14. The van der Waals surface area contributed by atoms with Crippen molar-refractivity contribution in [2.24, 2.45) is 5.14 Å². The minimum absolute atomic E-state index is 0.244. The molecule has 2 aromatic carbocycles. The highest BCUT2D eigenvalue weighted by Crippen LogP contribution is 2.38. The number of primary sulfonamides is 1. The van der Waals surface area contributed by atoms with Crippen LogP contribution in [0.2, 0.25) is 0 Å². The summed E-state index contributed by atoms with van der Waals surface area (Å²) in [6, 6.07) is 11.2. The number of rotatable bonds is 2. The molecule has 0 unspecified atom stereocenters. The fraction of sp³-hybridized carbons (Fsp3) is 0. The summed E-state index contributed by atoms with van der Waals surface area (Å²) >= 11 is 0. The molecular weight excluding hydrogens is 254 g/mol. The van der Waals surface area contributed by atoms with Crippen molar-refractivity contribution in [3.63, 3.8) is 0 Å². The van der Waals surface area contributed by atoms with Gasteiger partial charge in [0.2, 0.25) is 10.0 Å². The fourth-order valence-corrected chi connectivity index (χ4v) is 2.56. The maximum Gasteiger partial charge on any atom is 0.242 e. The average molecular weight is 265 g/mol. The van der Waals surface area contributed by atoms with Crippen LogP contribution in [0.15, 0.2) is 47.4 Å². The van der Waals surface area contributed by atoms with Crippen molar-refractivity contribution >= 4 is 10.0 Å². The smallest absolute Gasteiger partial charge is 0.242 e. The quantitative estimate of drug-likeness (QED) is 0.715. The Balaban J connectivity index is 2.82. The Morgan fingerprint density at radius 3 is 2.11 bits per heavy atom. The monoisotopic (exact) mass is 265 g/mol. The molecule has 0 saturated carbocycles. The zero-order valence-electron chi connectivity index (χ0n) is 9.24. The van der Waals surface area contributed by atoms with Crippen LogP contribution in [0.5, 0.6) is 11.5 Å². The van der Waals surface area contributed by atoms with E-state index in [1.54, 1.807) is 30.3 Å². The highest BCUT2D eigenvalue weighted by Gasteiger charge is 2.22. The molecule has 0 aromatic heterocycles. The molecule has 0 spiro atoms. The van der Waals surface area contributed by atoms with E-state index in [4.69, 9.17) is 5.14 Å². The number of benzene rings is 2. The number of nitrogens with two attached hydrogens (primary N) is 1. The van der Waals surface area contributed by atoms with Gasteiger partial charge in [-0.2, -0.15) is 0 Å². The second-order valence-corrected chi connectivity index (χ2v) is 5.22. The SMILES string of the molecule is NS(=O)(=O)c1c(-c2ccccc2)ccc(O)c1O. The van der Waals surface area contributed by atoms with Crippen LogP contribution in [0.1, 0.15) is 0 Å². The molecule has 0 radical (unpaired) electrons. The van der Waals surface area contributed by atoms with Crippen molar-refractivity contribution in [3.8, 4) is 22.6 Å². The van der Waals surface area contributed by atoms with E-state index in [0.717, 1.165) is 0 Å². The van der Waals surface area contributed by atoms with Gasteiger partial charge in [-0.1, -0.05) is 30.3 Å². The summed E-state index contributed by atoms with van der Waals surface area (Å²) in [6.07, 6.45) is 0. The first kappa shape index (κ1) is 12.4. The van der Waals surface area contributed by atoms with E-state index in [2.05, 4.69) is 0 Å². The van der Waals surface area contributed by atoms with Gasteiger partial charge in [0, 0.05) is 5.56 Å². The topological polar surface area (TPSA) is 101 Å². The van der Waals surface area contributed by atoms with E-state index >= 15 is 0 Å². The lowest BCUT2D eigenvalue weighted by Crippen LogP contribution is -2.13. The molecule has 18 heavy (non-hydrogen) atoms. The molecule has 0 saturated heterocycles. The van der Waals surface area contributed by atoms with Gasteiger partial charge in [0.1, 0.15) is 4.90 Å². The molecule has 0 heterocycles. The van der Waals surface area contributed by atoms with Gasteiger partial charge in [-0.3, -0.25) is 0 Å². The Morgan fingerprint density at radius 2 is 1.56 bits per heavy atom. The lowest BCUT2D eigenvalue weighted by Gasteiger charge is -2.10. The van der Waals surface area contributed by atoms with Crippen molar-refractivity contribution in [2.75, 3.05) is 0 Å². The third-order valence-electron chi connectivity index (χ3n) is 2.48. The van der Waals surface area contributed by atoms with E-state index in [-0.39, 0.29) is 5.56 Å². The lowest BCUT2D eigenvalue weighted by molar-refractivity contribution is 0.393. The van der Waals surface area contributed by atoms with Crippen LogP contribution in [0.4, 0.5) is 0 Å². The van der Waals surface area contributed by atoms with Gasteiger partial charge in [-0.25, -0.2) is 13.6 Å². The van der Waals surface area contributed by atoms with Crippen molar-refractivity contribution in [3.05, 3.63) is 42.5 Å². The number of aromatic hydroxyl groups is 2. The minimum atomic E-state index is -4.14. The molecule has 0 atom stereocenters. The van der Waals surface area contributed by atoms with Crippen LogP contribution in [0, 0.1) is 0 Å². The number of sulfonamides is 1. The van der Waals surface area contributed by atoms with Gasteiger partial charge < -0.3 is 10.2 Å². The highest BCUT2D eigenvalue weighted by molar-refractivity contribution is 7.89. The minimum Gasteiger partial charge on any atom is -0.504 e. The van der Waals surface area contributed by atoms with E-state index in [1.807, 2.05) is 0 Å². The van der Waals surface area contributed by atoms with Crippen LogP contribution >= 0.6 is 0 Å². The molecular formula is C12H11NO4S.